The number of benzene rings is 1. The van der Waals surface area contributed by atoms with Gasteiger partial charge in [0.15, 0.2) is 0 Å². The van der Waals surface area contributed by atoms with Gasteiger partial charge >= 0.3 is 6.09 Å². The topological polar surface area (TPSA) is 59.1 Å². The van der Waals surface area contributed by atoms with E-state index in [4.69, 9.17) is 9.57 Å². The maximum atomic E-state index is 12.3. The first-order chi connectivity index (χ1) is 10.9. The van der Waals surface area contributed by atoms with Crippen molar-refractivity contribution in [3.63, 3.8) is 0 Å². The van der Waals surface area contributed by atoms with Crippen molar-refractivity contribution in [1.29, 1.82) is 0 Å². The van der Waals surface area contributed by atoms with E-state index in [1.807, 2.05) is 51.1 Å². The van der Waals surface area contributed by atoms with E-state index < -0.39 is 17.7 Å². The van der Waals surface area contributed by atoms with Crippen LogP contribution in [0.2, 0.25) is 0 Å². The number of hydroxylamine groups is 2. The lowest BCUT2D eigenvalue weighted by Crippen LogP contribution is -2.66. The molecule has 0 bridgehead atoms. The highest BCUT2D eigenvalue weighted by molar-refractivity contribution is 5.92. The van der Waals surface area contributed by atoms with Crippen molar-refractivity contribution in [2.24, 2.45) is 0 Å². The van der Waals surface area contributed by atoms with E-state index in [-0.39, 0.29) is 11.9 Å². The molecule has 2 amide bonds. The lowest BCUT2D eigenvalue weighted by molar-refractivity contribution is -0.240. The summed E-state index contributed by atoms with van der Waals surface area (Å²) in [7, 11) is 0. The van der Waals surface area contributed by atoms with E-state index >= 15 is 0 Å². The Morgan fingerprint density at radius 3 is 2.61 bits per heavy atom. The third-order valence-corrected chi connectivity index (χ3v) is 3.98. The summed E-state index contributed by atoms with van der Waals surface area (Å²) in [5.41, 5.74) is 0.441. The highest BCUT2D eigenvalue weighted by Gasteiger charge is 2.57. The Labute approximate surface area is 135 Å². The average Bonchev–Trinajstić information content (AvgIpc) is 2.87. The van der Waals surface area contributed by atoms with E-state index in [0.29, 0.717) is 19.6 Å². The van der Waals surface area contributed by atoms with E-state index in [2.05, 4.69) is 0 Å². The van der Waals surface area contributed by atoms with Gasteiger partial charge in [0.25, 0.3) is 5.91 Å². The maximum Gasteiger partial charge on any atom is 0.411 e. The number of nitrogens with zero attached hydrogens (tertiary/aromatic N) is 2. The predicted molar refractivity (Wildman–Crippen MR) is 83.2 cm³/mol. The molecule has 0 aromatic heterocycles. The van der Waals surface area contributed by atoms with Crippen LogP contribution in [0.25, 0.3) is 0 Å². The Bertz CT molecular complexity index is 596. The predicted octanol–water partition coefficient (Wildman–Crippen LogP) is 2.34. The molecule has 0 aliphatic carbocycles. The molecule has 23 heavy (non-hydrogen) atoms. The average molecular weight is 318 g/mol. The van der Waals surface area contributed by atoms with Crippen molar-refractivity contribution in [3.8, 4) is 0 Å². The Morgan fingerprint density at radius 1 is 1.26 bits per heavy atom. The molecule has 2 aliphatic heterocycles. The van der Waals surface area contributed by atoms with Gasteiger partial charge in [-0.1, -0.05) is 30.3 Å². The van der Waals surface area contributed by atoms with Gasteiger partial charge in [0, 0.05) is 6.54 Å². The normalized spacial score (nSPS) is 23.5. The second-order valence-electron chi connectivity index (χ2n) is 6.90. The molecule has 0 radical (unpaired) electrons. The highest BCUT2D eigenvalue weighted by Crippen LogP contribution is 2.35. The quantitative estimate of drug-likeness (QED) is 0.803. The van der Waals surface area contributed by atoms with Crippen LogP contribution in [0.5, 0.6) is 0 Å². The molecule has 2 aliphatic rings. The fourth-order valence-electron chi connectivity index (χ4n) is 2.93. The summed E-state index contributed by atoms with van der Waals surface area (Å²) in [6.07, 6.45) is 0.283. The van der Waals surface area contributed by atoms with Crippen molar-refractivity contribution in [2.75, 3.05) is 6.54 Å². The summed E-state index contributed by atoms with van der Waals surface area (Å²) in [5.74, 6) is -0.172. The number of amides is 2. The molecule has 2 saturated heterocycles. The number of rotatable bonds is 3. The van der Waals surface area contributed by atoms with Gasteiger partial charge in [-0.3, -0.25) is 14.5 Å². The number of hydrogen-bond donors (Lipinski definition) is 0. The number of fused-ring (bicyclic) bond motifs is 1. The lowest BCUT2D eigenvalue weighted by Gasteiger charge is -2.43. The van der Waals surface area contributed by atoms with E-state index in [9.17, 15) is 9.59 Å². The number of carbonyl (C=O) groups excluding carboxylic acids is 2. The highest BCUT2D eigenvalue weighted by atomic mass is 16.7. The van der Waals surface area contributed by atoms with Crippen LogP contribution >= 0.6 is 0 Å². The molecular weight excluding hydrogens is 296 g/mol. The number of β-lactam (4-membered cyclic amide) rings is 1. The minimum Gasteiger partial charge on any atom is -0.444 e. The van der Waals surface area contributed by atoms with Crippen LogP contribution in [0.1, 0.15) is 32.8 Å². The van der Waals surface area contributed by atoms with E-state index in [0.717, 1.165) is 5.56 Å². The van der Waals surface area contributed by atoms with Crippen LogP contribution in [-0.4, -0.2) is 46.2 Å². The molecule has 2 heterocycles. The summed E-state index contributed by atoms with van der Waals surface area (Å²) < 4.78 is 5.36. The van der Waals surface area contributed by atoms with Crippen LogP contribution < -0.4 is 0 Å². The zero-order valence-electron chi connectivity index (χ0n) is 13.7. The molecule has 124 valence electrons. The fraction of sp³-hybridized carbons (Fsp3) is 0.529. The van der Waals surface area contributed by atoms with Gasteiger partial charge in [-0.2, -0.15) is 0 Å². The fourth-order valence-corrected chi connectivity index (χ4v) is 2.93. The summed E-state index contributed by atoms with van der Waals surface area (Å²) in [6.45, 7) is 6.31. The Hall–Kier alpha value is -2.08. The minimum absolute atomic E-state index is 0.0706. The lowest BCUT2D eigenvalue weighted by atomic mass is 9.99. The molecule has 6 nitrogen and oxygen atoms in total. The van der Waals surface area contributed by atoms with Gasteiger partial charge in [0.2, 0.25) is 0 Å². The van der Waals surface area contributed by atoms with Crippen molar-refractivity contribution < 1.29 is 19.2 Å². The zero-order valence-corrected chi connectivity index (χ0v) is 13.7. The van der Waals surface area contributed by atoms with Crippen molar-refractivity contribution >= 4 is 12.0 Å². The van der Waals surface area contributed by atoms with Gasteiger partial charge < -0.3 is 4.74 Å². The number of hydrogen-bond acceptors (Lipinski definition) is 4. The van der Waals surface area contributed by atoms with Crippen LogP contribution in [0, 0.1) is 0 Å². The summed E-state index contributed by atoms with van der Waals surface area (Å²) in [6, 6.07) is 9.18. The first kappa shape index (κ1) is 15.8. The second kappa shape index (κ2) is 5.85. The van der Waals surface area contributed by atoms with Gasteiger partial charge in [0.05, 0.1) is 6.04 Å². The van der Waals surface area contributed by atoms with E-state index in [1.54, 1.807) is 0 Å². The molecule has 3 rings (SSSR count). The molecule has 0 spiro atoms. The smallest absolute Gasteiger partial charge is 0.411 e. The van der Waals surface area contributed by atoms with Crippen LogP contribution in [-0.2, 0) is 21.0 Å². The van der Waals surface area contributed by atoms with Gasteiger partial charge in [-0.15, -0.1) is 0 Å². The second-order valence-corrected chi connectivity index (χ2v) is 6.90. The molecule has 1 aromatic rings. The molecule has 0 saturated carbocycles. The van der Waals surface area contributed by atoms with Crippen molar-refractivity contribution in [1.82, 2.24) is 9.96 Å². The van der Waals surface area contributed by atoms with Crippen LogP contribution in [0.4, 0.5) is 4.79 Å². The largest absolute Gasteiger partial charge is 0.444 e. The Kier molecular flexibility index (Phi) is 4.02. The molecular formula is C17H22N2O4. The summed E-state index contributed by atoms with van der Waals surface area (Å²) in [5, 5.41) is 1.40. The number of likely N-dealkylation sites (tertiary alicyclic amines) is 1. The number of ether oxygens (including phenoxy) is 1. The van der Waals surface area contributed by atoms with Crippen LogP contribution in [0.3, 0.4) is 0 Å². The third-order valence-electron chi connectivity index (χ3n) is 3.98. The SMILES string of the molecule is CC(C)(C)OC(=O)N1CCC2C1C(=O)N2OCc1ccccc1. The molecule has 2 atom stereocenters. The maximum absolute atomic E-state index is 12.3. The summed E-state index contributed by atoms with van der Waals surface area (Å²) in [4.78, 5) is 31.6. The van der Waals surface area contributed by atoms with Crippen LogP contribution in [0.15, 0.2) is 30.3 Å². The first-order valence-electron chi connectivity index (χ1n) is 7.86. The van der Waals surface area contributed by atoms with E-state index in [1.165, 1.54) is 9.96 Å². The van der Waals surface area contributed by atoms with Gasteiger partial charge in [0.1, 0.15) is 18.2 Å². The minimum atomic E-state index is -0.564. The van der Waals surface area contributed by atoms with Crippen molar-refractivity contribution in [2.45, 2.75) is 51.5 Å². The Morgan fingerprint density at radius 2 is 1.96 bits per heavy atom. The standard InChI is InChI=1S/C17H22N2O4/c1-17(2,3)23-16(21)18-10-9-13-14(18)15(20)19(13)22-11-12-7-5-4-6-8-12/h4-8,13-14H,9-11H2,1-3H3. The zero-order chi connectivity index (χ0) is 16.6. The molecule has 6 heteroatoms. The molecule has 1 aromatic carbocycles. The number of carbonyl (C=O) groups is 2. The summed E-state index contributed by atoms with van der Waals surface area (Å²) >= 11 is 0. The third kappa shape index (κ3) is 3.17. The van der Waals surface area contributed by atoms with Gasteiger partial charge in [-0.05, 0) is 32.8 Å². The Balaban J connectivity index is 1.57. The van der Waals surface area contributed by atoms with Gasteiger partial charge in [-0.25, -0.2) is 9.86 Å². The van der Waals surface area contributed by atoms with Crippen molar-refractivity contribution in [3.05, 3.63) is 35.9 Å². The first-order valence-corrected chi connectivity index (χ1v) is 7.86. The molecule has 0 N–H and O–H groups in total. The molecule has 2 fully saturated rings. The monoisotopic (exact) mass is 318 g/mol. The molecule has 2 unspecified atom stereocenters.